The number of hydrogen-bond acceptors (Lipinski definition) is 4. The summed E-state index contributed by atoms with van der Waals surface area (Å²) in [5.74, 6) is -1.77. The maximum Gasteiger partial charge on any atom is 0.305 e. The molecule has 6 nitrogen and oxygen atoms in total. The predicted octanol–water partition coefficient (Wildman–Crippen LogP) is 0.780. The summed E-state index contributed by atoms with van der Waals surface area (Å²) in [6, 6.07) is 0.848. The van der Waals surface area contributed by atoms with Crippen LogP contribution in [0.3, 0.4) is 0 Å². The Morgan fingerprint density at radius 2 is 2.20 bits per heavy atom. The van der Waals surface area contributed by atoms with Crippen LogP contribution in [0.15, 0.2) is 6.07 Å². The number of carboxylic acids is 1. The van der Waals surface area contributed by atoms with E-state index < -0.39 is 17.9 Å². The van der Waals surface area contributed by atoms with E-state index in [1.54, 1.807) is 6.07 Å². The lowest BCUT2D eigenvalue weighted by molar-refractivity contribution is -0.142. The van der Waals surface area contributed by atoms with Gasteiger partial charge < -0.3 is 15.3 Å². The summed E-state index contributed by atoms with van der Waals surface area (Å²) in [7, 11) is 0. The van der Waals surface area contributed by atoms with Gasteiger partial charge >= 0.3 is 5.97 Å². The van der Waals surface area contributed by atoms with Gasteiger partial charge in [0.25, 0.3) is 5.91 Å². The Hall–Kier alpha value is -1.89. The van der Waals surface area contributed by atoms with Crippen molar-refractivity contribution in [3.63, 3.8) is 0 Å². The fourth-order valence-electron chi connectivity index (χ4n) is 2.32. The molecule has 1 aromatic heterocycles. The summed E-state index contributed by atoms with van der Waals surface area (Å²) in [6.45, 7) is 4.44. The highest BCUT2D eigenvalue weighted by molar-refractivity contribution is 7.12. The third-order valence-electron chi connectivity index (χ3n) is 3.23. The first kappa shape index (κ1) is 14.5. The van der Waals surface area contributed by atoms with Crippen LogP contribution in [0.4, 0.5) is 0 Å². The van der Waals surface area contributed by atoms with Crippen LogP contribution in [0, 0.1) is 13.8 Å². The van der Waals surface area contributed by atoms with Gasteiger partial charge in [0.05, 0.1) is 12.0 Å². The van der Waals surface area contributed by atoms with Crippen molar-refractivity contribution >= 4 is 29.1 Å². The van der Waals surface area contributed by atoms with Crippen molar-refractivity contribution in [3.8, 4) is 0 Å². The molecule has 20 heavy (non-hydrogen) atoms. The average Bonchev–Trinajstić information content (AvgIpc) is 2.70. The van der Waals surface area contributed by atoms with Crippen molar-refractivity contribution in [1.82, 2.24) is 10.2 Å². The first-order valence-electron chi connectivity index (χ1n) is 6.27. The molecular weight excluding hydrogens is 280 g/mol. The van der Waals surface area contributed by atoms with Gasteiger partial charge in [-0.2, -0.15) is 0 Å². The summed E-state index contributed by atoms with van der Waals surface area (Å²) in [4.78, 5) is 38.5. The summed E-state index contributed by atoms with van der Waals surface area (Å²) in [6.07, 6.45) is -0.375. The number of piperazine rings is 1. The number of hydrogen-bond donors (Lipinski definition) is 2. The highest BCUT2D eigenvalue weighted by atomic mass is 32.1. The fourth-order valence-corrected chi connectivity index (χ4v) is 3.24. The van der Waals surface area contributed by atoms with Gasteiger partial charge in [-0.3, -0.25) is 14.4 Å². The molecule has 1 fully saturated rings. The number of rotatable bonds is 3. The van der Waals surface area contributed by atoms with Gasteiger partial charge in [0, 0.05) is 22.8 Å². The van der Waals surface area contributed by atoms with Crippen molar-refractivity contribution in [1.29, 1.82) is 0 Å². The van der Waals surface area contributed by atoms with Gasteiger partial charge in [0.15, 0.2) is 0 Å². The molecule has 1 aromatic rings. The topological polar surface area (TPSA) is 86.7 Å². The average molecular weight is 296 g/mol. The van der Waals surface area contributed by atoms with Gasteiger partial charge in [-0.25, -0.2) is 0 Å². The number of aliphatic carboxylic acids is 1. The largest absolute Gasteiger partial charge is 0.481 e. The lowest BCUT2D eigenvalue weighted by Gasteiger charge is -2.34. The van der Waals surface area contributed by atoms with Crippen LogP contribution in [-0.2, 0) is 9.59 Å². The minimum Gasteiger partial charge on any atom is -0.481 e. The zero-order valence-corrected chi connectivity index (χ0v) is 12.1. The van der Waals surface area contributed by atoms with E-state index in [0.717, 1.165) is 9.75 Å². The van der Waals surface area contributed by atoms with E-state index in [-0.39, 0.29) is 12.3 Å². The molecular formula is C13H16N2O4S. The van der Waals surface area contributed by atoms with Crippen molar-refractivity contribution in [2.45, 2.75) is 26.3 Å². The Bertz CT molecular complexity index is 567. The maximum atomic E-state index is 12.5. The molecule has 2 N–H and O–H groups in total. The standard InChI is InChI=1S/C13H16N2O4S/c1-7-5-9(8(2)20-7)13(19)15-4-3-14-12(18)10(15)6-11(16)17/h5,10H,3-4,6H2,1-2H3,(H,14,18)(H,16,17). The van der Waals surface area contributed by atoms with Crippen molar-refractivity contribution in [2.75, 3.05) is 13.1 Å². The number of amides is 2. The van der Waals surface area contributed by atoms with Crippen LogP contribution in [0.2, 0.25) is 0 Å². The third kappa shape index (κ3) is 2.82. The Kier molecular flexibility index (Phi) is 4.08. The Morgan fingerprint density at radius 1 is 1.50 bits per heavy atom. The first-order valence-corrected chi connectivity index (χ1v) is 7.09. The quantitative estimate of drug-likeness (QED) is 0.863. The minimum atomic E-state index is -1.09. The maximum absolute atomic E-state index is 12.5. The van der Waals surface area contributed by atoms with E-state index in [4.69, 9.17) is 5.11 Å². The number of carboxylic acid groups (broad SMARTS) is 1. The van der Waals surface area contributed by atoms with Crippen LogP contribution in [-0.4, -0.2) is 46.9 Å². The molecule has 1 aliphatic heterocycles. The second-order valence-corrected chi connectivity index (χ2v) is 6.19. The summed E-state index contributed by atoms with van der Waals surface area (Å²) in [5.41, 5.74) is 0.553. The summed E-state index contributed by atoms with van der Waals surface area (Å²) >= 11 is 1.51. The lowest BCUT2D eigenvalue weighted by Crippen LogP contribution is -2.57. The Morgan fingerprint density at radius 3 is 2.75 bits per heavy atom. The van der Waals surface area contributed by atoms with Gasteiger partial charge in [0.1, 0.15) is 6.04 Å². The fraction of sp³-hybridized carbons (Fsp3) is 0.462. The van der Waals surface area contributed by atoms with E-state index in [2.05, 4.69) is 5.32 Å². The second kappa shape index (κ2) is 5.62. The zero-order chi connectivity index (χ0) is 14.9. The number of aryl methyl sites for hydroxylation is 2. The van der Waals surface area contributed by atoms with Crippen LogP contribution in [0.5, 0.6) is 0 Å². The molecule has 1 aliphatic rings. The first-order chi connectivity index (χ1) is 9.40. The molecule has 1 unspecified atom stereocenters. The molecule has 7 heteroatoms. The van der Waals surface area contributed by atoms with E-state index in [1.807, 2.05) is 13.8 Å². The molecule has 2 heterocycles. The summed E-state index contributed by atoms with van der Waals surface area (Å²) < 4.78 is 0. The molecule has 108 valence electrons. The molecule has 0 radical (unpaired) electrons. The molecule has 2 amide bonds. The van der Waals surface area contributed by atoms with Crippen LogP contribution in [0.1, 0.15) is 26.5 Å². The number of nitrogens with zero attached hydrogens (tertiary/aromatic N) is 1. The molecule has 0 saturated carbocycles. The zero-order valence-electron chi connectivity index (χ0n) is 11.3. The second-order valence-electron chi connectivity index (χ2n) is 4.73. The van der Waals surface area contributed by atoms with E-state index in [9.17, 15) is 14.4 Å². The smallest absolute Gasteiger partial charge is 0.305 e. The Balaban J connectivity index is 2.28. The predicted molar refractivity (Wildman–Crippen MR) is 73.9 cm³/mol. The molecule has 0 spiro atoms. The molecule has 1 saturated heterocycles. The molecule has 0 aliphatic carbocycles. The molecule has 0 aromatic carbocycles. The number of nitrogens with one attached hydrogen (secondary N) is 1. The third-order valence-corrected chi connectivity index (χ3v) is 4.20. The van der Waals surface area contributed by atoms with E-state index in [1.165, 1.54) is 16.2 Å². The number of thiophene rings is 1. The van der Waals surface area contributed by atoms with Gasteiger partial charge in [-0.05, 0) is 19.9 Å². The monoisotopic (exact) mass is 296 g/mol. The van der Waals surface area contributed by atoms with Gasteiger partial charge in [-0.1, -0.05) is 0 Å². The van der Waals surface area contributed by atoms with E-state index >= 15 is 0 Å². The Labute approximate surface area is 120 Å². The molecule has 2 rings (SSSR count). The number of carbonyl (C=O) groups is 3. The summed E-state index contributed by atoms with van der Waals surface area (Å²) in [5, 5.41) is 11.5. The molecule has 0 bridgehead atoms. The molecule has 1 atom stereocenters. The lowest BCUT2D eigenvalue weighted by atomic mass is 10.1. The normalized spacial score (nSPS) is 18.8. The van der Waals surface area contributed by atoms with Crippen LogP contribution in [0.25, 0.3) is 0 Å². The van der Waals surface area contributed by atoms with Gasteiger partial charge in [-0.15, -0.1) is 11.3 Å². The van der Waals surface area contributed by atoms with Crippen LogP contribution < -0.4 is 5.32 Å². The van der Waals surface area contributed by atoms with Crippen LogP contribution >= 0.6 is 11.3 Å². The van der Waals surface area contributed by atoms with Gasteiger partial charge in [0.2, 0.25) is 5.91 Å². The van der Waals surface area contributed by atoms with Crippen molar-refractivity contribution in [3.05, 3.63) is 21.4 Å². The minimum absolute atomic E-state index is 0.270. The number of carbonyl (C=O) groups excluding carboxylic acids is 2. The van der Waals surface area contributed by atoms with Crippen molar-refractivity contribution < 1.29 is 19.5 Å². The SMILES string of the molecule is Cc1cc(C(=O)N2CCNC(=O)C2CC(=O)O)c(C)s1. The van der Waals surface area contributed by atoms with Crippen molar-refractivity contribution in [2.24, 2.45) is 0 Å². The highest BCUT2D eigenvalue weighted by Gasteiger charge is 2.35. The van der Waals surface area contributed by atoms with E-state index in [0.29, 0.717) is 18.7 Å². The highest BCUT2D eigenvalue weighted by Crippen LogP contribution is 2.23.